The van der Waals surface area contributed by atoms with Crippen molar-refractivity contribution < 1.29 is 44.6 Å². The molecule has 29 heavy (non-hydrogen) atoms. The van der Waals surface area contributed by atoms with Crippen molar-refractivity contribution in [3.8, 4) is 5.75 Å². The van der Waals surface area contributed by atoms with E-state index in [9.17, 15) is 15.0 Å². The Morgan fingerprint density at radius 3 is 1.34 bits per heavy atom. The number of aliphatic carboxylic acids is 1. The average molecular weight is 413 g/mol. The third-order valence-corrected chi connectivity index (χ3v) is 5.53. The first-order valence-corrected chi connectivity index (χ1v) is 11.7. The Hall–Kier alpha value is -0.510. The summed E-state index contributed by atoms with van der Waals surface area (Å²) in [6, 6.07) is 7.60. The average Bonchev–Trinajstić information content (AvgIpc) is 2.68. The minimum atomic E-state index is -0.911. The predicted octanol–water partition coefficient (Wildman–Crippen LogP) is 3.32. The van der Waals surface area contributed by atoms with Gasteiger partial charge in [-0.3, -0.25) is 0 Å². The van der Waals surface area contributed by atoms with Crippen LogP contribution in [-0.2, 0) is 11.2 Å². The maximum atomic E-state index is 10.3. The number of hydrogen-bond donors (Lipinski definition) is 1. The van der Waals surface area contributed by atoms with Crippen molar-refractivity contribution in [3.63, 3.8) is 0 Å². The number of rotatable bonds is 19. The number of unbranched alkanes of at least 4 members (excludes halogenated alkanes) is 15. The van der Waals surface area contributed by atoms with Crippen molar-refractivity contribution >= 4 is 5.97 Å². The van der Waals surface area contributed by atoms with Gasteiger partial charge in [0.25, 0.3) is 0 Å². The molecule has 4 heteroatoms. The molecule has 160 valence electrons. The molecule has 0 bridgehead atoms. The van der Waals surface area contributed by atoms with E-state index in [2.05, 4.69) is 0 Å². The molecule has 0 aliphatic rings. The second-order valence-corrected chi connectivity index (χ2v) is 8.20. The molecular formula is C25H41NaO3. The van der Waals surface area contributed by atoms with Crippen LogP contribution < -0.4 is 34.7 Å². The van der Waals surface area contributed by atoms with E-state index in [1.54, 1.807) is 12.1 Å². The summed E-state index contributed by atoms with van der Waals surface area (Å²) >= 11 is 0. The largest absolute Gasteiger partial charge is 1.00 e. The molecule has 3 nitrogen and oxygen atoms in total. The van der Waals surface area contributed by atoms with Crippen LogP contribution in [0.3, 0.4) is 0 Å². The molecule has 1 rings (SSSR count). The monoisotopic (exact) mass is 412 g/mol. The van der Waals surface area contributed by atoms with Crippen molar-refractivity contribution in [1.82, 2.24) is 0 Å². The fourth-order valence-corrected chi connectivity index (χ4v) is 3.74. The van der Waals surface area contributed by atoms with Crippen LogP contribution in [0.25, 0.3) is 0 Å². The Morgan fingerprint density at radius 1 is 0.621 bits per heavy atom. The number of benzene rings is 1. The molecule has 1 aromatic rings. The molecule has 0 unspecified atom stereocenters. The zero-order valence-corrected chi connectivity index (χ0v) is 20.8. The zero-order chi connectivity index (χ0) is 20.3. The zero-order valence-electron chi connectivity index (χ0n) is 18.8. The van der Waals surface area contributed by atoms with Crippen molar-refractivity contribution in [3.05, 3.63) is 29.8 Å². The quantitative estimate of drug-likeness (QED) is 0.280. The Balaban J connectivity index is 0.00000784. The molecule has 0 aliphatic carbocycles. The fourth-order valence-electron chi connectivity index (χ4n) is 3.74. The first kappa shape index (κ1) is 28.5. The molecule has 0 fully saturated rings. The number of hydrogen-bond acceptors (Lipinski definition) is 3. The molecular weight excluding hydrogens is 371 g/mol. The molecule has 0 saturated heterocycles. The molecule has 0 heterocycles. The summed E-state index contributed by atoms with van der Waals surface area (Å²) < 4.78 is 0. The SMILES string of the molecule is O=C([O-])CCCCCCCCCCCCCCCCCCc1ccc(O)cc1.[Na+]. The summed E-state index contributed by atoms with van der Waals surface area (Å²) in [7, 11) is 0. The van der Waals surface area contributed by atoms with Gasteiger partial charge in [-0.15, -0.1) is 0 Å². The van der Waals surface area contributed by atoms with Gasteiger partial charge in [-0.05, 0) is 43.4 Å². The number of phenols is 1. The Kier molecular flexibility index (Phi) is 20.4. The fraction of sp³-hybridized carbons (Fsp3) is 0.720. The summed E-state index contributed by atoms with van der Waals surface area (Å²) in [5.41, 5.74) is 1.33. The molecule has 0 aliphatic heterocycles. The number of aromatic hydroxyl groups is 1. The van der Waals surface area contributed by atoms with E-state index in [-0.39, 0.29) is 36.0 Å². The maximum absolute atomic E-state index is 10.3. The van der Waals surface area contributed by atoms with E-state index in [4.69, 9.17) is 0 Å². The smallest absolute Gasteiger partial charge is 0.550 e. The van der Waals surface area contributed by atoms with Crippen LogP contribution in [0.4, 0.5) is 0 Å². The third kappa shape index (κ3) is 19.2. The van der Waals surface area contributed by atoms with Crippen LogP contribution in [0.1, 0.15) is 115 Å². The van der Waals surface area contributed by atoms with E-state index in [0.717, 1.165) is 19.3 Å². The first-order chi connectivity index (χ1) is 13.7. The Labute approximate surface area is 201 Å². The van der Waals surface area contributed by atoms with Crippen molar-refractivity contribution in [2.24, 2.45) is 0 Å². The summed E-state index contributed by atoms with van der Waals surface area (Å²) in [4.78, 5) is 10.3. The molecule has 0 spiro atoms. The topological polar surface area (TPSA) is 60.4 Å². The van der Waals surface area contributed by atoms with E-state index in [1.807, 2.05) is 12.1 Å². The van der Waals surface area contributed by atoms with Gasteiger partial charge >= 0.3 is 29.6 Å². The van der Waals surface area contributed by atoms with Crippen LogP contribution in [-0.4, -0.2) is 11.1 Å². The van der Waals surface area contributed by atoms with Crippen molar-refractivity contribution in [2.75, 3.05) is 0 Å². The number of carboxylic acid groups (broad SMARTS) is 1. The minimum Gasteiger partial charge on any atom is -0.550 e. The number of carbonyl (C=O) groups is 1. The number of phenolic OH excluding ortho intramolecular Hbond substituents is 1. The van der Waals surface area contributed by atoms with E-state index >= 15 is 0 Å². The predicted molar refractivity (Wildman–Crippen MR) is 115 cm³/mol. The normalized spacial score (nSPS) is 10.6. The number of carbonyl (C=O) groups excluding carboxylic acids is 1. The number of carboxylic acids is 1. The van der Waals surface area contributed by atoms with Gasteiger partial charge < -0.3 is 15.0 Å². The van der Waals surface area contributed by atoms with E-state index in [0.29, 0.717) is 5.75 Å². The van der Waals surface area contributed by atoms with Crippen LogP contribution in [0.5, 0.6) is 5.75 Å². The summed E-state index contributed by atoms with van der Waals surface area (Å²) in [5, 5.41) is 19.6. The van der Waals surface area contributed by atoms with Gasteiger partial charge in [0.15, 0.2) is 0 Å². The van der Waals surface area contributed by atoms with Gasteiger partial charge in [0, 0.05) is 5.97 Å². The minimum absolute atomic E-state index is 0. The molecule has 0 aromatic heterocycles. The molecule has 1 N–H and O–H groups in total. The number of aryl methyl sites for hydroxylation is 1. The van der Waals surface area contributed by atoms with Crippen LogP contribution in [0.15, 0.2) is 24.3 Å². The van der Waals surface area contributed by atoms with Gasteiger partial charge in [-0.25, -0.2) is 0 Å². The van der Waals surface area contributed by atoms with Gasteiger partial charge in [-0.2, -0.15) is 0 Å². The van der Waals surface area contributed by atoms with Crippen molar-refractivity contribution in [1.29, 1.82) is 0 Å². The summed E-state index contributed by atoms with van der Waals surface area (Å²) in [5.74, 6) is -0.558. The molecule has 0 atom stereocenters. The Morgan fingerprint density at radius 2 is 0.966 bits per heavy atom. The van der Waals surface area contributed by atoms with E-state index in [1.165, 1.54) is 95.5 Å². The van der Waals surface area contributed by atoms with Gasteiger partial charge in [0.2, 0.25) is 0 Å². The van der Waals surface area contributed by atoms with E-state index < -0.39 is 5.97 Å². The second-order valence-electron chi connectivity index (χ2n) is 8.20. The first-order valence-electron chi connectivity index (χ1n) is 11.7. The molecule has 1 aromatic carbocycles. The van der Waals surface area contributed by atoms with Crippen LogP contribution in [0.2, 0.25) is 0 Å². The molecule has 0 amide bonds. The van der Waals surface area contributed by atoms with Gasteiger partial charge in [0.1, 0.15) is 5.75 Å². The summed E-state index contributed by atoms with van der Waals surface area (Å²) in [6.45, 7) is 0. The second kappa shape index (κ2) is 20.8. The standard InChI is InChI=1S/C25H42O3.Na/c26-24-21-19-23(20-22-24)17-15-13-11-9-7-5-3-1-2-4-6-8-10-12-14-16-18-25(27)28;/h19-22,26H,1-18H2,(H,27,28);/q;+1/p-1. The van der Waals surface area contributed by atoms with Gasteiger partial charge in [0.05, 0.1) is 0 Å². The van der Waals surface area contributed by atoms with Crippen LogP contribution >= 0.6 is 0 Å². The van der Waals surface area contributed by atoms with Crippen molar-refractivity contribution in [2.45, 2.75) is 116 Å². The Bertz CT molecular complexity index is 487. The van der Waals surface area contributed by atoms with Gasteiger partial charge in [-0.1, -0.05) is 102 Å². The maximum Gasteiger partial charge on any atom is 1.00 e. The third-order valence-electron chi connectivity index (χ3n) is 5.53. The molecule has 0 saturated carbocycles. The van der Waals surface area contributed by atoms with Crippen LogP contribution in [0, 0.1) is 0 Å². The molecule has 0 radical (unpaired) electrons. The summed E-state index contributed by atoms with van der Waals surface area (Å²) in [6.07, 6.45) is 21.8.